The summed E-state index contributed by atoms with van der Waals surface area (Å²) in [5.74, 6) is -0.974. The van der Waals surface area contributed by atoms with Gasteiger partial charge in [-0.3, -0.25) is 4.98 Å². The summed E-state index contributed by atoms with van der Waals surface area (Å²) in [4.78, 5) is 30.1. The third kappa shape index (κ3) is 9.95. The van der Waals surface area contributed by atoms with Crippen LogP contribution in [0.15, 0.2) is 65.7 Å². The molecule has 53 heavy (non-hydrogen) atoms. The number of hydrogen-bond donors (Lipinski definition) is 3. The SMILES string of the molecule is COCCn1c(C(C)C)cc2ncc(CN[C@@H](COc3cc(-c4c(C)cccc4C)nc(NS(=O)(=O)c4cccc(C(=O)O)c4)n3)CC(C)(C)C)nc21. The number of aryl methyl sites for hydroxylation is 2. The predicted molar refractivity (Wildman–Crippen MR) is 205 cm³/mol. The fourth-order valence-electron chi connectivity index (χ4n) is 6.28. The van der Waals surface area contributed by atoms with E-state index in [0.717, 1.165) is 51.7 Å². The maximum Gasteiger partial charge on any atom is 0.335 e. The summed E-state index contributed by atoms with van der Waals surface area (Å²) in [6.07, 6.45) is 2.54. The topological polar surface area (TPSA) is 170 Å². The summed E-state index contributed by atoms with van der Waals surface area (Å²) in [5.41, 5.74) is 6.56. The summed E-state index contributed by atoms with van der Waals surface area (Å²) in [5, 5.41) is 13.0. The van der Waals surface area contributed by atoms with Crippen molar-refractivity contribution >= 4 is 33.1 Å². The maximum absolute atomic E-state index is 13.4. The van der Waals surface area contributed by atoms with Crippen LogP contribution in [-0.2, 0) is 27.8 Å². The van der Waals surface area contributed by atoms with E-state index in [2.05, 4.69) is 65.3 Å². The second-order valence-electron chi connectivity index (χ2n) is 14.7. The molecule has 0 amide bonds. The highest BCUT2D eigenvalue weighted by molar-refractivity contribution is 7.92. The lowest BCUT2D eigenvalue weighted by molar-refractivity contribution is 0.0696. The zero-order valence-electron chi connectivity index (χ0n) is 31.6. The molecular weight excluding hydrogens is 695 g/mol. The lowest BCUT2D eigenvalue weighted by Gasteiger charge is -2.27. The number of nitrogens with zero attached hydrogens (tertiary/aromatic N) is 5. The van der Waals surface area contributed by atoms with E-state index < -0.39 is 16.0 Å². The van der Waals surface area contributed by atoms with Gasteiger partial charge in [-0.05, 0) is 67.0 Å². The van der Waals surface area contributed by atoms with Crippen LogP contribution in [0.5, 0.6) is 5.88 Å². The molecule has 2 aromatic carbocycles. The van der Waals surface area contributed by atoms with Gasteiger partial charge in [-0.15, -0.1) is 0 Å². The lowest BCUT2D eigenvalue weighted by Crippen LogP contribution is -2.37. The van der Waals surface area contributed by atoms with E-state index in [0.29, 0.717) is 31.3 Å². The van der Waals surface area contributed by atoms with Crippen molar-refractivity contribution in [1.29, 1.82) is 0 Å². The van der Waals surface area contributed by atoms with Crippen molar-refractivity contribution in [2.45, 2.75) is 84.8 Å². The molecule has 3 N–H and O–H groups in total. The number of benzene rings is 2. The third-order valence-corrected chi connectivity index (χ3v) is 10.0. The Morgan fingerprint density at radius 3 is 2.38 bits per heavy atom. The number of sulfonamides is 1. The molecule has 1 atom stereocenters. The molecule has 0 saturated carbocycles. The van der Waals surface area contributed by atoms with E-state index in [1.54, 1.807) is 19.4 Å². The summed E-state index contributed by atoms with van der Waals surface area (Å²) in [6, 6.07) is 14.6. The number of rotatable bonds is 16. The van der Waals surface area contributed by atoms with Crippen molar-refractivity contribution in [2.75, 3.05) is 25.0 Å². The van der Waals surface area contributed by atoms with Crippen molar-refractivity contribution in [3.05, 3.63) is 88.9 Å². The number of aromatic nitrogens is 5. The summed E-state index contributed by atoms with van der Waals surface area (Å²) in [7, 11) is -2.57. The largest absolute Gasteiger partial charge is 0.478 e. The van der Waals surface area contributed by atoms with E-state index in [9.17, 15) is 18.3 Å². The van der Waals surface area contributed by atoms with Gasteiger partial charge in [-0.2, -0.15) is 4.98 Å². The Balaban J connectivity index is 1.43. The number of carboxylic acids is 1. The Labute approximate surface area is 311 Å². The Kier molecular flexibility index (Phi) is 12.2. The van der Waals surface area contributed by atoms with Crippen LogP contribution in [0.4, 0.5) is 5.95 Å². The van der Waals surface area contributed by atoms with Gasteiger partial charge in [-0.25, -0.2) is 27.9 Å². The molecule has 0 spiro atoms. The standard InChI is InChI=1S/C39H49N7O6S/c1-24(2)33-18-32-36(46(33)15-16-51-8)42-29(22-41-32)21-40-28(20-39(5,6)7)23-52-34-19-31(35-25(3)11-9-12-26(35)4)43-38(44-34)45-53(49,50)30-14-10-13-27(17-30)37(47)48/h9-14,17-19,22,24,28,40H,15-16,20-21,23H2,1-8H3,(H,47,48)(H,43,44,45)/t28-/m1/s1. The highest BCUT2D eigenvalue weighted by Gasteiger charge is 2.23. The molecule has 0 aliphatic carbocycles. The van der Waals surface area contributed by atoms with Gasteiger partial charge in [-0.1, -0.05) is 58.9 Å². The van der Waals surface area contributed by atoms with E-state index in [4.69, 9.17) is 19.4 Å². The van der Waals surface area contributed by atoms with Gasteiger partial charge >= 0.3 is 5.97 Å². The van der Waals surface area contributed by atoms with Crippen LogP contribution in [-0.4, -0.2) is 70.4 Å². The van der Waals surface area contributed by atoms with Crippen LogP contribution in [0.2, 0.25) is 0 Å². The molecule has 0 saturated heterocycles. The van der Waals surface area contributed by atoms with Crippen molar-refractivity contribution in [1.82, 2.24) is 29.8 Å². The van der Waals surface area contributed by atoms with Gasteiger partial charge in [0.1, 0.15) is 12.1 Å². The van der Waals surface area contributed by atoms with E-state index in [1.165, 1.54) is 18.2 Å². The highest BCUT2D eigenvalue weighted by Crippen LogP contribution is 2.30. The Morgan fingerprint density at radius 2 is 1.72 bits per heavy atom. The lowest BCUT2D eigenvalue weighted by atomic mass is 9.88. The molecule has 0 bridgehead atoms. The number of carboxylic acid groups (broad SMARTS) is 1. The number of nitrogens with one attached hydrogen (secondary N) is 2. The number of anilines is 1. The third-order valence-electron chi connectivity index (χ3n) is 8.71. The normalized spacial score (nSPS) is 12.7. The number of aromatic carboxylic acids is 1. The minimum absolute atomic E-state index is 0.0575. The first-order valence-corrected chi connectivity index (χ1v) is 19.0. The molecule has 5 rings (SSSR count). The fourth-order valence-corrected chi connectivity index (χ4v) is 7.27. The fraction of sp³-hybridized carbons (Fsp3) is 0.410. The average molecular weight is 744 g/mol. The molecule has 3 aromatic heterocycles. The predicted octanol–water partition coefficient (Wildman–Crippen LogP) is 6.75. The highest BCUT2D eigenvalue weighted by atomic mass is 32.2. The van der Waals surface area contributed by atoms with Crippen molar-refractivity contribution in [3.8, 4) is 17.1 Å². The van der Waals surface area contributed by atoms with Gasteiger partial charge in [0.2, 0.25) is 11.8 Å². The quantitative estimate of drug-likeness (QED) is 0.0977. The molecule has 0 unspecified atom stereocenters. The molecule has 3 heterocycles. The van der Waals surface area contributed by atoms with Crippen LogP contribution in [0.3, 0.4) is 0 Å². The molecule has 13 nitrogen and oxygen atoms in total. The number of hydrogen-bond acceptors (Lipinski definition) is 10. The second kappa shape index (κ2) is 16.4. The monoisotopic (exact) mass is 743 g/mol. The zero-order valence-corrected chi connectivity index (χ0v) is 32.4. The van der Waals surface area contributed by atoms with Gasteiger partial charge in [0.15, 0.2) is 5.65 Å². The van der Waals surface area contributed by atoms with Crippen molar-refractivity contribution < 1.29 is 27.8 Å². The van der Waals surface area contributed by atoms with Crippen molar-refractivity contribution in [2.24, 2.45) is 5.41 Å². The van der Waals surface area contributed by atoms with Gasteiger partial charge < -0.3 is 24.5 Å². The van der Waals surface area contributed by atoms with Crippen LogP contribution < -0.4 is 14.8 Å². The first-order chi connectivity index (χ1) is 25.0. The summed E-state index contributed by atoms with van der Waals surface area (Å²) in [6.45, 7) is 16.6. The molecule has 0 radical (unpaired) electrons. The number of carbonyl (C=O) groups is 1. The van der Waals surface area contributed by atoms with Gasteiger partial charge in [0.25, 0.3) is 10.0 Å². The molecule has 14 heteroatoms. The van der Waals surface area contributed by atoms with Gasteiger partial charge in [0, 0.05) is 43.6 Å². The number of methoxy groups -OCH3 is 1. The van der Waals surface area contributed by atoms with Crippen LogP contribution in [0.25, 0.3) is 22.4 Å². The zero-order chi connectivity index (χ0) is 38.5. The van der Waals surface area contributed by atoms with Crippen LogP contribution in [0.1, 0.15) is 79.8 Å². The van der Waals surface area contributed by atoms with Gasteiger partial charge in [0.05, 0.1) is 34.7 Å². The first-order valence-electron chi connectivity index (χ1n) is 17.6. The molecular formula is C39H49N7O6S. The molecule has 0 fully saturated rings. The van der Waals surface area contributed by atoms with E-state index in [-0.39, 0.29) is 40.4 Å². The number of fused-ring (bicyclic) bond motifs is 1. The number of ether oxygens (including phenoxy) is 2. The summed E-state index contributed by atoms with van der Waals surface area (Å²) < 4.78 is 43.2. The second-order valence-corrected chi connectivity index (χ2v) is 16.4. The molecule has 282 valence electrons. The summed E-state index contributed by atoms with van der Waals surface area (Å²) >= 11 is 0. The molecule has 5 aromatic rings. The van der Waals surface area contributed by atoms with Crippen LogP contribution in [0, 0.1) is 19.3 Å². The average Bonchev–Trinajstić information content (AvgIpc) is 3.46. The van der Waals surface area contributed by atoms with Crippen LogP contribution >= 0.6 is 0 Å². The molecule has 0 aliphatic rings. The minimum Gasteiger partial charge on any atom is -0.478 e. The molecule has 0 aliphatic heterocycles. The van der Waals surface area contributed by atoms with E-state index >= 15 is 0 Å². The Morgan fingerprint density at radius 1 is 1.00 bits per heavy atom. The maximum atomic E-state index is 13.4. The smallest absolute Gasteiger partial charge is 0.335 e. The first kappa shape index (κ1) is 39.3. The minimum atomic E-state index is -4.26. The van der Waals surface area contributed by atoms with E-state index in [1.807, 2.05) is 32.0 Å². The Bertz CT molecular complexity index is 2170. The van der Waals surface area contributed by atoms with Crippen molar-refractivity contribution in [3.63, 3.8) is 0 Å². The Hall–Kier alpha value is -4.92.